The van der Waals surface area contributed by atoms with Crippen molar-refractivity contribution in [1.82, 2.24) is 9.55 Å². The Morgan fingerprint density at radius 2 is 2.37 bits per heavy atom. The van der Waals surface area contributed by atoms with Gasteiger partial charge in [0, 0.05) is 25.1 Å². The van der Waals surface area contributed by atoms with Gasteiger partial charge in [-0.15, -0.1) is 0 Å². The second-order valence-corrected chi connectivity index (χ2v) is 4.93. The molecule has 1 amide bonds. The molecule has 0 spiro atoms. The highest BCUT2D eigenvalue weighted by molar-refractivity contribution is 6.33. The fourth-order valence-electron chi connectivity index (χ4n) is 2.12. The number of halogens is 1. The molecule has 0 saturated carbocycles. The van der Waals surface area contributed by atoms with Crippen molar-refractivity contribution < 1.29 is 4.79 Å². The van der Waals surface area contributed by atoms with Crippen molar-refractivity contribution in [2.45, 2.75) is 13.0 Å². The second-order valence-electron chi connectivity index (χ2n) is 4.52. The molecule has 0 saturated heterocycles. The number of nitrogens with zero attached hydrogens (tertiary/aromatic N) is 2. The van der Waals surface area contributed by atoms with Crippen molar-refractivity contribution >= 4 is 28.9 Å². The number of nitrogens with one attached hydrogen (secondary N) is 2. The number of carbonyl (C=O) groups excluding carboxylic acids is 1. The average molecular weight is 277 g/mol. The minimum atomic E-state index is 0.00678. The summed E-state index contributed by atoms with van der Waals surface area (Å²) in [6, 6.07) is 3.70. The van der Waals surface area contributed by atoms with Gasteiger partial charge in [0.15, 0.2) is 0 Å². The molecule has 5 nitrogen and oxygen atoms in total. The number of aryl methyl sites for hydroxylation is 1. The summed E-state index contributed by atoms with van der Waals surface area (Å²) < 4.78 is 1.94. The summed E-state index contributed by atoms with van der Waals surface area (Å²) in [7, 11) is 1.94. The van der Waals surface area contributed by atoms with Crippen LogP contribution >= 0.6 is 11.6 Å². The van der Waals surface area contributed by atoms with E-state index in [0.29, 0.717) is 18.0 Å². The summed E-state index contributed by atoms with van der Waals surface area (Å²) in [5, 5.41) is 6.62. The molecule has 1 aromatic carbocycles. The average Bonchev–Trinajstić information content (AvgIpc) is 2.91. The zero-order valence-electron chi connectivity index (χ0n) is 10.4. The Bertz CT molecular complexity index is 650. The summed E-state index contributed by atoms with van der Waals surface area (Å²) >= 11 is 6.19. The highest BCUT2D eigenvalue weighted by atomic mass is 35.5. The lowest BCUT2D eigenvalue weighted by Gasteiger charge is -2.10. The molecule has 2 aromatic rings. The van der Waals surface area contributed by atoms with Gasteiger partial charge < -0.3 is 15.2 Å². The molecule has 1 aliphatic heterocycles. The van der Waals surface area contributed by atoms with E-state index >= 15 is 0 Å². The Labute approximate surface area is 115 Å². The lowest BCUT2D eigenvalue weighted by atomic mass is 10.1. The third-order valence-electron chi connectivity index (χ3n) is 3.18. The molecule has 0 radical (unpaired) electrons. The maximum atomic E-state index is 11.3. The van der Waals surface area contributed by atoms with E-state index in [2.05, 4.69) is 15.6 Å². The fourth-order valence-corrected chi connectivity index (χ4v) is 2.36. The first kappa shape index (κ1) is 12.0. The zero-order valence-corrected chi connectivity index (χ0v) is 11.2. The Kier molecular flexibility index (Phi) is 2.91. The summed E-state index contributed by atoms with van der Waals surface area (Å²) in [5.41, 5.74) is 2.59. The van der Waals surface area contributed by atoms with Gasteiger partial charge in [0.1, 0.15) is 5.82 Å². The van der Waals surface area contributed by atoms with Gasteiger partial charge in [-0.25, -0.2) is 4.98 Å². The molecule has 19 heavy (non-hydrogen) atoms. The number of hydrogen-bond acceptors (Lipinski definition) is 3. The van der Waals surface area contributed by atoms with Crippen molar-refractivity contribution in [1.29, 1.82) is 0 Å². The maximum absolute atomic E-state index is 11.3. The van der Waals surface area contributed by atoms with Crippen LogP contribution in [0.3, 0.4) is 0 Å². The maximum Gasteiger partial charge on any atom is 0.228 e. The third kappa shape index (κ3) is 2.29. The van der Waals surface area contributed by atoms with Crippen molar-refractivity contribution in [3.63, 3.8) is 0 Å². The smallest absolute Gasteiger partial charge is 0.228 e. The van der Waals surface area contributed by atoms with Crippen molar-refractivity contribution in [3.8, 4) is 0 Å². The van der Waals surface area contributed by atoms with E-state index < -0.39 is 0 Å². The summed E-state index contributed by atoms with van der Waals surface area (Å²) in [6.07, 6.45) is 4.05. The second kappa shape index (κ2) is 4.59. The topological polar surface area (TPSA) is 59.0 Å². The Hall–Kier alpha value is -2.01. The minimum Gasteiger partial charge on any atom is -0.377 e. The van der Waals surface area contributed by atoms with Crippen LogP contribution in [-0.2, 0) is 24.8 Å². The molecule has 1 aromatic heterocycles. The number of anilines is 2. The largest absolute Gasteiger partial charge is 0.377 e. The molecule has 98 valence electrons. The Balaban J connectivity index is 1.80. The van der Waals surface area contributed by atoms with E-state index in [-0.39, 0.29) is 5.91 Å². The van der Waals surface area contributed by atoms with Crippen LogP contribution in [0.1, 0.15) is 11.4 Å². The SMILES string of the molecule is Cn1ccnc1CNc1cc2c(cc1Cl)NC(=O)C2. The van der Waals surface area contributed by atoms with Crippen LogP contribution < -0.4 is 10.6 Å². The van der Waals surface area contributed by atoms with E-state index in [4.69, 9.17) is 11.6 Å². The highest BCUT2D eigenvalue weighted by Crippen LogP contribution is 2.32. The first-order valence-electron chi connectivity index (χ1n) is 5.96. The molecule has 2 N–H and O–H groups in total. The fraction of sp³-hybridized carbons (Fsp3) is 0.231. The van der Waals surface area contributed by atoms with E-state index in [1.165, 1.54) is 0 Å². The molecular weight excluding hydrogens is 264 g/mol. The van der Waals surface area contributed by atoms with Crippen LogP contribution in [0.15, 0.2) is 24.5 Å². The van der Waals surface area contributed by atoms with Gasteiger partial charge in [-0.1, -0.05) is 11.6 Å². The van der Waals surface area contributed by atoms with Gasteiger partial charge in [-0.05, 0) is 17.7 Å². The van der Waals surface area contributed by atoms with Gasteiger partial charge in [0.2, 0.25) is 5.91 Å². The number of benzene rings is 1. The number of fused-ring (bicyclic) bond motifs is 1. The van der Waals surface area contributed by atoms with Gasteiger partial charge >= 0.3 is 0 Å². The van der Waals surface area contributed by atoms with Gasteiger partial charge in [0.05, 0.1) is 23.7 Å². The number of aromatic nitrogens is 2. The van der Waals surface area contributed by atoms with Gasteiger partial charge in [-0.3, -0.25) is 4.79 Å². The number of amides is 1. The van der Waals surface area contributed by atoms with Gasteiger partial charge in [-0.2, -0.15) is 0 Å². The van der Waals surface area contributed by atoms with E-state index in [0.717, 1.165) is 22.8 Å². The van der Waals surface area contributed by atoms with Crippen molar-refractivity contribution in [2.24, 2.45) is 7.05 Å². The standard InChI is InChI=1S/C13H13ClN4O/c1-18-3-2-15-12(18)7-16-11-4-8-5-13(19)17-10(8)6-9(11)14/h2-4,6,16H,5,7H2,1H3,(H,17,19). The normalized spacial score (nSPS) is 13.3. The number of imidazole rings is 1. The van der Waals surface area contributed by atoms with E-state index in [9.17, 15) is 4.79 Å². The molecule has 2 heterocycles. The van der Waals surface area contributed by atoms with Crippen LogP contribution in [-0.4, -0.2) is 15.5 Å². The molecule has 1 aliphatic rings. The lowest BCUT2D eigenvalue weighted by molar-refractivity contribution is -0.115. The third-order valence-corrected chi connectivity index (χ3v) is 3.49. The predicted molar refractivity (Wildman–Crippen MR) is 74.3 cm³/mol. The first-order chi connectivity index (χ1) is 9.13. The lowest BCUT2D eigenvalue weighted by Crippen LogP contribution is -2.06. The number of hydrogen-bond donors (Lipinski definition) is 2. The van der Waals surface area contributed by atoms with Crippen LogP contribution in [0.4, 0.5) is 11.4 Å². The van der Waals surface area contributed by atoms with E-state index in [1.54, 1.807) is 12.3 Å². The molecule has 0 fully saturated rings. The Morgan fingerprint density at radius 3 is 3.11 bits per heavy atom. The van der Waals surface area contributed by atoms with Gasteiger partial charge in [0.25, 0.3) is 0 Å². The minimum absolute atomic E-state index is 0.00678. The van der Waals surface area contributed by atoms with Crippen LogP contribution in [0.2, 0.25) is 5.02 Å². The summed E-state index contributed by atoms with van der Waals surface area (Å²) in [4.78, 5) is 15.6. The quantitative estimate of drug-likeness (QED) is 0.903. The van der Waals surface area contributed by atoms with Crippen molar-refractivity contribution in [2.75, 3.05) is 10.6 Å². The zero-order chi connectivity index (χ0) is 13.4. The van der Waals surface area contributed by atoms with Crippen LogP contribution in [0.25, 0.3) is 0 Å². The molecular formula is C13H13ClN4O. The molecule has 0 aliphatic carbocycles. The molecule has 6 heteroatoms. The Morgan fingerprint density at radius 1 is 1.53 bits per heavy atom. The van der Waals surface area contributed by atoms with Crippen molar-refractivity contribution in [3.05, 3.63) is 40.9 Å². The number of carbonyl (C=O) groups is 1. The molecule has 0 unspecified atom stereocenters. The summed E-state index contributed by atoms with van der Waals surface area (Å²) in [5.74, 6) is 0.929. The van der Waals surface area contributed by atoms with Crippen LogP contribution in [0.5, 0.6) is 0 Å². The molecule has 0 bridgehead atoms. The summed E-state index contributed by atoms with van der Waals surface area (Å²) in [6.45, 7) is 0.587. The number of rotatable bonds is 3. The predicted octanol–water partition coefficient (Wildman–Crippen LogP) is 2.18. The molecule has 3 rings (SSSR count). The highest BCUT2D eigenvalue weighted by Gasteiger charge is 2.19. The molecule has 0 atom stereocenters. The monoisotopic (exact) mass is 276 g/mol. The van der Waals surface area contributed by atoms with Crippen LogP contribution in [0, 0.1) is 0 Å². The first-order valence-corrected chi connectivity index (χ1v) is 6.33. The van der Waals surface area contributed by atoms with E-state index in [1.807, 2.05) is 23.9 Å².